The standard InChI is InChI=1S/C15H13N3O3S/c1-7-2-3-8(6-17-7)11(19)9-4-5-10-13(12(9)20)22-15(18-10)14(16)21/h2-3,6,19H,4-5H2,1H3,(H2,16,21). The van der Waals surface area contributed by atoms with Crippen LogP contribution in [0.25, 0.3) is 5.76 Å². The van der Waals surface area contributed by atoms with E-state index in [4.69, 9.17) is 5.73 Å². The Hall–Kier alpha value is -2.54. The molecule has 0 aromatic carbocycles. The molecule has 0 atom stereocenters. The van der Waals surface area contributed by atoms with E-state index in [0.717, 1.165) is 17.0 Å². The fourth-order valence-corrected chi connectivity index (χ4v) is 3.24. The topological polar surface area (TPSA) is 106 Å². The Morgan fingerprint density at radius 2 is 2.14 bits per heavy atom. The third-order valence-corrected chi connectivity index (χ3v) is 4.58. The monoisotopic (exact) mass is 315 g/mol. The van der Waals surface area contributed by atoms with E-state index in [0.29, 0.717) is 34.5 Å². The number of amides is 1. The minimum absolute atomic E-state index is 0.0721. The number of Topliss-reactive ketones (excluding diaryl/α,β-unsaturated/α-hetero) is 1. The molecule has 0 fully saturated rings. The van der Waals surface area contributed by atoms with Crippen molar-refractivity contribution in [3.63, 3.8) is 0 Å². The number of pyridine rings is 1. The number of carbonyl (C=O) groups is 2. The summed E-state index contributed by atoms with van der Waals surface area (Å²) in [6, 6.07) is 3.48. The molecule has 22 heavy (non-hydrogen) atoms. The van der Waals surface area contributed by atoms with Crippen LogP contribution in [0.15, 0.2) is 23.9 Å². The number of carbonyl (C=O) groups excluding carboxylic acids is 2. The number of aliphatic hydroxyl groups is 1. The number of allylic oxidation sites excluding steroid dienone is 1. The number of hydrogen-bond acceptors (Lipinski definition) is 6. The molecule has 0 bridgehead atoms. The summed E-state index contributed by atoms with van der Waals surface area (Å²) in [6.07, 6.45) is 2.39. The van der Waals surface area contributed by atoms with E-state index in [1.54, 1.807) is 12.1 Å². The summed E-state index contributed by atoms with van der Waals surface area (Å²) >= 11 is 0.974. The number of rotatable bonds is 2. The van der Waals surface area contributed by atoms with Gasteiger partial charge in [0, 0.05) is 23.0 Å². The Bertz CT molecular complexity index is 806. The summed E-state index contributed by atoms with van der Waals surface area (Å²) in [5.74, 6) is -1.02. The fourth-order valence-electron chi connectivity index (χ4n) is 2.31. The second-order valence-corrected chi connectivity index (χ2v) is 6.00. The summed E-state index contributed by atoms with van der Waals surface area (Å²) in [4.78, 5) is 32.3. The lowest BCUT2D eigenvalue weighted by Crippen LogP contribution is -2.14. The van der Waals surface area contributed by atoms with Crippen LogP contribution in [0.5, 0.6) is 0 Å². The zero-order chi connectivity index (χ0) is 15.9. The molecule has 2 heterocycles. The van der Waals surface area contributed by atoms with E-state index in [1.807, 2.05) is 6.92 Å². The van der Waals surface area contributed by atoms with Crippen LogP contribution in [0.3, 0.4) is 0 Å². The highest BCUT2D eigenvalue weighted by Crippen LogP contribution is 2.32. The van der Waals surface area contributed by atoms with Gasteiger partial charge in [-0.25, -0.2) is 4.98 Å². The molecule has 112 valence electrons. The van der Waals surface area contributed by atoms with Crippen LogP contribution >= 0.6 is 11.3 Å². The first kappa shape index (κ1) is 14.4. The second kappa shape index (κ2) is 5.34. The van der Waals surface area contributed by atoms with Gasteiger partial charge in [0.2, 0.25) is 5.78 Å². The van der Waals surface area contributed by atoms with Crippen LogP contribution in [0.4, 0.5) is 0 Å². The maximum absolute atomic E-state index is 12.5. The third kappa shape index (κ3) is 2.39. The first-order valence-electron chi connectivity index (χ1n) is 6.66. The molecule has 0 saturated carbocycles. The zero-order valence-corrected chi connectivity index (χ0v) is 12.6. The van der Waals surface area contributed by atoms with Crippen molar-refractivity contribution in [1.82, 2.24) is 9.97 Å². The molecule has 1 aliphatic rings. The summed E-state index contributed by atoms with van der Waals surface area (Å²) < 4.78 is 0. The van der Waals surface area contributed by atoms with Crippen molar-refractivity contribution in [1.29, 1.82) is 0 Å². The molecule has 0 saturated heterocycles. The van der Waals surface area contributed by atoms with Gasteiger partial charge >= 0.3 is 0 Å². The van der Waals surface area contributed by atoms with Crippen molar-refractivity contribution >= 4 is 28.8 Å². The Labute approximate surface area is 130 Å². The molecule has 1 amide bonds. The number of thiazole rings is 1. The van der Waals surface area contributed by atoms with E-state index in [9.17, 15) is 14.7 Å². The van der Waals surface area contributed by atoms with Crippen LogP contribution in [-0.2, 0) is 6.42 Å². The fraction of sp³-hybridized carbons (Fsp3) is 0.200. The average molecular weight is 315 g/mol. The number of nitrogens with two attached hydrogens (primary N) is 1. The molecular formula is C15H13N3O3S. The maximum atomic E-state index is 12.5. The molecule has 1 aliphatic carbocycles. The quantitative estimate of drug-likeness (QED) is 0.651. The Morgan fingerprint density at radius 3 is 2.77 bits per heavy atom. The van der Waals surface area contributed by atoms with E-state index in [1.165, 1.54) is 6.20 Å². The number of aliphatic hydroxyl groups excluding tert-OH is 1. The highest BCUT2D eigenvalue weighted by Gasteiger charge is 2.30. The van der Waals surface area contributed by atoms with Crippen molar-refractivity contribution < 1.29 is 14.7 Å². The van der Waals surface area contributed by atoms with Crippen LogP contribution in [0, 0.1) is 6.92 Å². The molecule has 0 spiro atoms. The highest BCUT2D eigenvalue weighted by molar-refractivity contribution is 7.16. The number of hydrogen-bond donors (Lipinski definition) is 2. The zero-order valence-electron chi connectivity index (χ0n) is 11.8. The summed E-state index contributed by atoms with van der Waals surface area (Å²) in [6.45, 7) is 1.84. The molecule has 2 aromatic heterocycles. The van der Waals surface area contributed by atoms with Gasteiger partial charge in [0.15, 0.2) is 5.01 Å². The van der Waals surface area contributed by atoms with Crippen LogP contribution in [0.2, 0.25) is 0 Å². The van der Waals surface area contributed by atoms with Crippen LogP contribution in [0.1, 0.15) is 42.8 Å². The number of nitrogens with zero attached hydrogens (tertiary/aromatic N) is 2. The molecule has 0 radical (unpaired) electrons. The molecule has 0 unspecified atom stereocenters. The summed E-state index contributed by atoms with van der Waals surface area (Å²) in [7, 11) is 0. The van der Waals surface area contributed by atoms with E-state index >= 15 is 0 Å². The first-order chi connectivity index (χ1) is 10.5. The number of primary amides is 1. The van der Waals surface area contributed by atoms with Crippen LogP contribution in [-0.4, -0.2) is 26.8 Å². The molecule has 6 nitrogen and oxygen atoms in total. The Balaban J connectivity index is 2.02. The lowest BCUT2D eigenvalue weighted by atomic mass is 9.93. The SMILES string of the molecule is Cc1ccc(C(O)=C2CCc3nc(C(N)=O)sc3C2=O)cn1. The van der Waals surface area contributed by atoms with E-state index < -0.39 is 5.91 Å². The molecule has 3 N–H and O–H groups in total. The minimum Gasteiger partial charge on any atom is -0.507 e. The number of aromatic nitrogens is 2. The third-order valence-electron chi connectivity index (χ3n) is 3.47. The van der Waals surface area contributed by atoms with Gasteiger partial charge in [-0.3, -0.25) is 14.6 Å². The summed E-state index contributed by atoms with van der Waals surface area (Å²) in [5, 5.41) is 10.5. The molecule has 7 heteroatoms. The first-order valence-corrected chi connectivity index (χ1v) is 7.48. The van der Waals surface area contributed by atoms with Crippen molar-refractivity contribution in [2.75, 3.05) is 0 Å². The molecule has 0 aliphatic heterocycles. The highest BCUT2D eigenvalue weighted by atomic mass is 32.1. The van der Waals surface area contributed by atoms with E-state index in [2.05, 4.69) is 9.97 Å². The van der Waals surface area contributed by atoms with Gasteiger partial charge < -0.3 is 10.8 Å². The van der Waals surface area contributed by atoms with Crippen molar-refractivity contribution in [3.8, 4) is 0 Å². The van der Waals surface area contributed by atoms with Gasteiger partial charge in [-0.1, -0.05) is 0 Å². The molecule has 2 aromatic rings. The van der Waals surface area contributed by atoms with Crippen molar-refractivity contribution in [2.24, 2.45) is 5.73 Å². The van der Waals surface area contributed by atoms with Gasteiger partial charge in [0.1, 0.15) is 5.76 Å². The Morgan fingerprint density at radius 1 is 1.36 bits per heavy atom. The smallest absolute Gasteiger partial charge is 0.277 e. The lowest BCUT2D eigenvalue weighted by molar-refractivity contribution is 0.0996. The van der Waals surface area contributed by atoms with Gasteiger partial charge in [-0.05, 0) is 31.9 Å². The second-order valence-electron chi connectivity index (χ2n) is 5.00. The normalized spacial score (nSPS) is 16.3. The van der Waals surface area contributed by atoms with Crippen molar-refractivity contribution in [3.05, 3.63) is 50.7 Å². The predicted molar refractivity (Wildman–Crippen MR) is 81.8 cm³/mol. The lowest BCUT2D eigenvalue weighted by Gasteiger charge is -2.14. The number of aryl methyl sites for hydroxylation is 2. The van der Waals surface area contributed by atoms with E-state index in [-0.39, 0.29) is 16.6 Å². The maximum Gasteiger partial charge on any atom is 0.277 e. The molecule has 3 rings (SSSR count). The Kier molecular flexibility index (Phi) is 3.50. The van der Waals surface area contributed by atoms with Crippen molar-refractivity contribution in [2.45, 2.75) is 19.8 Å². The molecular weight excluding hydrogens is 302 g/mol. The number of ketones is 1. The van der Waals surface area contributed by atoms with Gasteiger partial charge in [0.25, 0.3) is 5.91 Å². The van der Waals surface area contributed by atoms with Gasteiger partial charge in [-0.15, -0.1) is 11.3 Å². The summed E-state index contributed by atoms with van der Waals surface area (Å²) in [5.41, 5.74) is 7.41. The minimum atomic E-state index is -0.648. The predicted octanol–water partition coefficient (Wildman–Crippen LogP) is 2.04. The number of fused-ring (bicyclic) bond motifs is 1. The largest absolute Gasteiger partial charge is 0.507 e. The van der Waals surface area contributed by atoms with Crippen LogP contribution < -0.4 is 5.73 Å². The van der Waals surface area contributed by atoms with Gasteiger partial charge in [0.05, 0.1) is 10.6 Å². The van der Waals surface area contributed by atoms with Gasteiger partial charge in [-0.2, -0.15) is 0 Å². The average Bonchev–Trinajstić information content (AvgIpc) is 2.93.